The fourth-order valence-corrected chi connectivity index (χ4v) is 2.55. The van der Waals surface area contributed by atoms with Crippen LogP contribution in [0.15, 0.2) is 93.5 Å². The van der Waals surface area contributed by atoms with E-state index in [2.05, 4.69) is 22.2 Å². The van der Waals surface area contributed by atoms with E-state index in [0.29, 0.717) is 16.3 Å². The minimum absolute atomic E-state index is 0. The smallest absolute Gasteiger partial charge is 0.532 e. The maximum Gasteiger partial charge on any atom is 2.00 e. The summed E-state index contributed by atoms with van der Waals surface area (Å²) in [6.07, 6.45) is 1.05. The summed E-state index contributed by atoms with van der Waals surface area (Å²) in [5.74, 6) is 0.745. The largest absolute Gasteiger partial charge is 2.00 e. The zero-order valence-corrected chi connectivity index (χ0v) is 19.5. The van der Waals surface area contributed by atoms with Crippen LogP contribution in [0.4, 0.5) is 0 Å². The molecule has 0 spiro atoms. The van der Waals surface area contributed by atoms with Gasteiger partial charge in [0.05, 0.1) is 0 Å². The number of benzene rings is 3. The quantitative estimate of drug-likeness (QED) is 0.156. The monoisotopic (exact) mass is 605 g/mol. The first-order valence-electron chi connectivity index (χ1n) is 8.54. The Kier molecular flexibility index (Phi) is 9.76. The fourth-order valence-electron chi connectivity index (χ4n) is 2.10. The topological polar surface area (TPSA) is 106 Å². The number of nitrogens with one attached hydrogen (secondary N) is 1. The van der Waals surface area contributed by atoms with Gasteiger partial charge in [-0.3, -0.25) is 9.78 Å². The van der Waals surface area contributed by atoms with E-state index in [4.69, 9.17) is 9.22 Å². The van der Waals surface area contributed by atoms with Gasteiger partial charge in [-0.2, -0.15) is 41.5 Å². The molecule has 0 aliphatic heterocycles. The fraction of sp³-hybridized carbons (Fsp3) is 0. The third-order valence-corrected chi connectivity index (χ3v) is 4.10. The molecule has 2 N–H and O–H groups in total. The molecule has 156 valence electrons. The molecule has 0 bridgehead atoms. The van der Waals surface area contributed by atoms with Crippen LogP contribution in [0.25, 0.3) is 5.69 Å². The number of rotatable bonds is 5. The Morgan fingerprint density at radius 2 is 1.71 bits per heavy atom. The zero-order valence-electron chi connectivity index (χ0n) is 15.8. The molecule has 0 fully saturated rings. The van der Waals surface area contributed by atoms with Crippen LogP contribution in [0.2, 0.25) is 0 Å². The molecule has 0 radical (unpaired) electrons. The van der Waals surface area contributed by atoms with Gasteiger partial charge >= 0.3 is 26.8 Å². The summed E-state index contributed by atoms with van der Waals surface area (Å²) in [5.41, 5.74) is -0.470. The molecule has 10 heteroatoms. The van der Waals surface area contributed by atoms with Crippen molar-refractivity contribution in [2.45, 2.75) is 4.90 Å². The van der Waals surface area contributed by atoms with Crippen LogP contribution in [-0.4, -0.2) is 19.9 Å². The second-order valence-electron chi connectivity index (χ2n) is 5.55. The Morgan fingerprint density at radius 3 is 2.39 bits per heavy atom. The van der Waals surface area contributed by atoms with Crippen LogP contribution in [-0.2, 0) is 25.4 Å². The zero-order chi connectivity index (χ0) is 21.2. The van der Waals surface area contributed by atoms with Gasteiger partial charge in [-0.15, -0.1) is 22.5 Å². The second-order valence-corrected chi connectivity index (χ2v) is 6.29. The predicted octanol–water partition coefficient (Wildman–Crippen LogP) is 2.93. The summed E-state index contributed by atoms with van der Waals surface area (Å²) >= 11 is 0.938. The molecule has 31 heavy (non-hydrogen) atoms. The number of hydrogen-bond acceptors (Lipinski definition) is 7. The summed E-state index contributed by atoms with van der Waals surface area (Å²) in [4.78, 5) is 29.7. The van der Waals surface area contributed by atoms with Gasteiger partial charge in [0.15, 0.2) is 5.75 Å². The van der Waals surface area contributed by atoms with Crippen molar-refractivity contribution in [1.82, 2.24) is 14.8 Å². The second kappa shape index (κ2) is 12.5. The number of H-pyrrole nitrogens is 1. The number of para-hydroxylation sites is 1. The van der Waals surface area contributed by atoms with E-state index in [1.54, 1.807) is 48.5 Å². The molecule has 0 unspecified atom stereocenters. The van der Waals surface area contributed by atoms with Gasteiger partial charge in [-0.1, -0.05) is 18.2 Å². The normalized spacial score (nSPS) is 9.68. The Balaban J connectivity index is 0.000000215. The number of hydrogen-bond donors (Lipinski definition) is 2. The maximum atomic E-state index is 11.3. The van der Waals surface area contributed by atoms with E-state index in [1.807, 2.05) is 18.2 Å². The van der Waals surface area contributed by atoms with Gasteiger partial charge in [0.2, 0.25) is 0 Å². The average molecular weight is 605 g/mol. The van der Waals surface area contributed by atoms with Gasteiger partial charge in [0, 0.05) is 17.8 Å². The van der Waals surface area contributed by atoms with Crippen molar-refractivity contribution in [3.63, 3.8) is 0 Å². The van der Waals surface area contributed by atoms with Crippen molar-refractivity contribution in [2.75, 3.05) is 0 Å². The van der Waals surface area contributed by atoms with E-state index in [9.17, 15) is 14.7 Å². The van der Waals surface area contributed by atoms with E-state index < -0.39 is 11.2 Å². The van der Waals surface area contributed by atoms with Crippen LogP contribution >= 0.6 is 12.0 Å². The third-order valence-electron chi connectivity index (χ3n) is 3.46. The molecule has 0 saturated carbocycles. The molecule has 1 heterocycles. The van der Waals surface area contributed by atoms with E-state index in [0.717, 1.165) is 22.9 Å². The summed E-state index contributed by atoms with van der Waals surface area (Å²) in [6.45, 7) is 0. The predicted molar refractivity (Wildman–Crippen MR) is 110 cm³/mol. The van der Waals surface area contributed by atoms with Crippen molar-refractivity contribution < 1.29 is 35.4 Å². The average Bonchev–Trinajstić information content (AvgIpc) is 2.77. The molecule has 0 aliphatic carbocycles. The van der Waals surface area contributed by atoms with Crippen molar-refractivity contribution >= 4 is 12.0 Å². The first-order chi connectivity index (χ1) is 14.6. The summed E-state index contributed by atoms with van der Waals surface area (Å²) in [6, 6.07) is 26.2. The van der Waals surface area contributed by atoms with Gasteiger partial charge in [0.1, 0.15) is 6.20 Å². The molecule has 0 saturated heterocycles. The van der Waals surface area contributed by atoms with Crippen LogP contribution in [0.1, 0.15) is 0 Å². The molecule has 4 aromatic rings. The first-order valence-corrected chi connectivity index (χ1v) is 9.28. The molecule has 8 nitrogen and oxygen atoms in total. The van der Waals surface area contributed by atoms with Crippen LogP contribution < -0.4 is 16.1 Å². The Bertz CT molecular complexity index is 1190. The van der Waals surface area contributed by atoms with Gasteiger partial charge in [-0.25, -0.2) is 9.48 Å². The van der Waals surface area contributed by atoms with Crippen molar-refractivity contribution in [3.8, 4) is 17.2 Å². The number of aromatic hydroxyl groups is 1. The number of aromatic amines is 1. The molecule has 3 aromatic carbocycles. The van der Waals surface area contributed by atoms with E-state index >= 15 is 0 Å². The molecule has 0 atom stereocenters. The summed E-state index contributed by atoms with van der Waals surface area (Å²) in [5, 5.41) is 13.1. The molecule has 1 aromatic heterocycles. The summed E-state index contributed by atoms with van der Waals surface area (Å²) in [7, 11) is 0. The van der Waals surface area contributed by atoms with Crippen molar-refractivity contribution in [2.24, 2.45) is 0 Å². The SMILES string of the molecule is O=c1cnn(-c2cc[c-]cc2)c(=O)[nH]1.Oc1cc[c-]cc1SOOc1ccccc1.[W+2]. The van der Waals surface area contributed by atoms with Crippen LogP contribution in [0, 0.1) is 12.1 Å². The minimum Gasteiger partial charge on any atom is -0.532 e. The Morgan fingerprint density at radius 1 is 1.00 bits per heavy atom. The molecule has 0 amide bonds. The third kappa shape index (κ3) is 7.56. The molecular formula is C21H15N3O5SW. The molecule has 0 aliphatic rings. The number of phenols is 1. The standard InChI is InChI=1S/C12H9O3S.C9H6N3O2.W/c13-11-8-4-5-9-12(11)16-15-14-10-6-2-1-3-7-10;13-8-6-10-12(9(14)11-8)7-4-2-1-3-5-7;/h1-4,6-9,13H;2-6H,(H,11,13,14);/q2*-1;+2. The number of phenolic OH excluding ortho intramolecular Hbond substituents is 1. The van der Waals surface area contributed by atoms with Crippen LogP contribution in [0.5, 0.6) is 11.5 Å². The number of nitrogens with zero attached hydrogens (tertiary/aromatic N) is 2. The Hall–Kier alpha value is -3.13. The molecular weight excluding hydrogens is 590 g/mol. The maximum absolute atomic E-state index is 11.3. The van der Waals surface area contributed by atoms with E-state index in [1.165, 1.54) is 6.07 Å². The first kappa shape index (κ1) is 24.1. The van der Waals surface area contributed by atoms with Crippen LogP contribution in [0.3, 0.4) is 0 Å². The van der Waals surface area contributed by atoms with Crippen molar-refractivity contribution in [3.05, 3.63) is 112 Å². The van der Waals surface area contributed by atoms with Gasteiger partial charge < -0.3 is 9.99 Å². The van der Waals surface area contributed by atoms with Gasteiger partial charge in [0.25, 0.3) is 5.56 Å². The van der Waals surface area contributed by atoms with Crippen molar-refractivity contribution in [1.29, 1.82) is 0 Å². The summed E-state index contributed by atoms with van der Waals surface area (Å²) < 4.78 is 6.03. The number of aromatic nitrogens is 3. The Labute approximate surface area is 195 Å². The molecule has 4 rings (SSSR count). The van der Waals surface area contributed by atoms with E-state index in [-0.39, 0.29) is 26.8 Å². The minimum atomic E-state index is -0.552. The van der Waals surface area contributed by atoms with Gasteiger partial charge in [-0.05, 0) is 22.7 Å².